The first-order valence-corrected chi connectivity index (χ1v) is 11.7. The molecule has 0 bridgehead atoms. The Morgan fingerprint density at radius 3 is 2.83 bits per heavy atom. The lowest BCUT2D eigenvalue weighted by atomic mass is 9.98. The lowest BCUT2D eigenvalue weighted by Crippen LogP contribution is -2.48. The average molecular weight is 364 g/mol. The van der Waals surface area contributed by atoms with E-state index < -0.39 is 13.9 Å². The molecule has 2 nitrogen and oxygen atoms in total. The molecule has 0 spiro atoms. The van der Waals surface area contributed by atoms with Gasteiger partial charge < -0.3 is 9.33 Å². The average Bonchev–Trinajstić information content (AvgIpc) is 2.69. The molecule has 0 saturated carbocycles. The molecule has 5 heteroatoms. The normalized spacial score (nSPS) is 20.6. The van der Waals surface area contributed by atoms with E-state index in [1.807, 2.05) is 35.4 Å². The molecule has 0 N–H and O–H groups in total. The molecule has 1 aliphatic rings. The second kappa shape index (κ2) is 7.54. The van der Waals surface area contributed by atoms with Crippen LogP contribution in [0, 0.1) is 5.82 Å². The monoisotopic (exact) mass is 363 g/mol. The van der Waals surface area contributed by atoms with Gasteiger partial charge in [0.05, 0.1) is 17.8 Å². The van der Waals surface area contributed by atoms with Crippen LogP contribution < -0.4 is 4.90 Å². The molecule has 1 aromatic carbocycles. The first kappa shape index (κ1) is 18.8. The minimum absolute atomic E-state index is 0.313. The number of allylic oxidation sites excluding steroid dienone is 2. The lowest BCUT2D eigenvalue weighted by Gasteiger charge is -2.39. The van der Waals surface area contributed by atoms with Gasteiger partial charge in [-0.3, -0.25) is 0 Å². The highest BCUT2D eigenvalue weighted by atomic mass is 35.5. The van der Waals surface area contributed by atoms with Gasteiger partial charge in [-0.05, 0) is 50.0 Å². The van der Waals surface area contributed by atoms with Crippen LogP contribution in [0.5, 0.6) is 0 Å². The molecule has 0 aromatic heterocycles. The topological polar surface area (TPSA) is 12.5 Å². The Morgan fingerprint density at radius 1 is 1.42 bits per heavy atom. The van der Waals surface area contributed by atoms with Crippen molar-refractivity contribution in [1.29, 1.82) is 0 Å². The van der Waals surface area contributed by atoms with E-state index in [1.54, 1.807) is 12.1 Å². The third-order valence-corrected chi connectivity index (χ3v) is 4.79. The van der Waals surface area contributed by atoms with E-state index in [2.05, 4.69) is 32.0 Å². The third-order valence-electron chi connectivity index (χ3n) is 3.53. The van der Waals surface area contributed by atoms with Gasteiger partial charge in [0.1, 0.15) is 5.82 Å². The molecule has 1 aliphatic heterocycles. The molecule has 1 heterocycles. The van der Waals surface area contributed by atoms with Crippen LogP contribution in [-0.2, 0) is 4.43 Å². The van der Waals surface area contributed by atoms with E-state index in [9.17, 15) is 4.39 Å². The zero-order chi connectivity index (χ0) is 17.8. The van der Waals surface area contributed by atoms with Gasteiger partial charge in [0, 0.05) is 17.6 Å². The van der Waals surface area contributed by atoms with Crippen LogP contribution in [0.3, 0.4) is 0 Å². The van der Waals surface area contributed by atoms with Crippen molar-refractivity contribution >= 4 is 25.6 Å². The molecule has 1 atom stereocenters. The largest absolute Gasteiger partial charge is 0.407 e. The molecule has 1 aromatic rings. The van der Waals surface area contributed by atoms with Gasteiger partial charge >= 0.3 is 0 Å². The Bertz CT molecular complexity index is 704. The molecular formula is C19H23ClFNOSi. The van der Waals surface area contributed by atoms with Crippen molar-refractivity contribution in [2.24, 2.45) is 0 Å². The number of anilines is 1. The summed E-state index contributed by atoms with van der Waals surface area (Å²) in [5.41, 5.74) is 2.69. The van der Waals surface area contributed by atoms with Gasteiger partial charge in [-0.25, -0.2) is 4.39 Å². The molecule has 2 rings (SSSR count). The Morgan fingerprint density at radius 2 is 2.17 bits per heavy atom. The summed E-state index contributed by atoms with van der Waals surface area (Å²) in [6.07, 6.45) is 10.2. The number of rotatable bonds is 5. The highest BCUT2D eigenvalue weighted by Gasteiger charge is 2.35. The van der Waals surface area contributed by atoms with Crippen molar-refractivity contribution in [2.45, 2.75) is 31.7 Å². The quantitative estimate of drug-likeness (QED) is 0.492. The maximum Gasteiger partial charge on any atom is 0.185 e. The van der Waals surface area contributed by atoms with Crippen molar-refractivity contribution < 1.29 is 8.82 Å². The molecule has 0 saturated heterocycles. The van der Waals surface area contributed by atoms with Crippen LogP contribution in [0.4, 0.5) is 10.1 Å². The fourth-order valence-corrected chi connectivity index (χ4v) is 4.35. The van der Waals surface area contributed by atoms with E-state index in [0.29, 0.717) is 23.7 Å². The van der Waals surface area contributed by atoms with E-state index in [0.717, 1.165) is 0 Å². The van der Waals surface area contributed by atoms with Crippen LogP contribution in [0.2, 0.25) is 24.7 Å². The van der Waals surface area contributed by atoms with Crippen molar-refractivity contribution in [1.82, 2.24) is 0 Å². The summed E-state index contributed by atoms with van der Waals surface area (Å²) in [6, 6.07) is 4.57. The molecule has 0 radical (unpaired) electrons. The zero-order valence-corrected chi connectivity index (χ0v) is 16.1. The fraction of sp³-hybridized carbons (Fsp3) is 0.316. The molecule has 1 unspecified atom stereocenters. The number of hydrogen-bond donors (Lipinski definition) is 0. The van der Waals surface area contributed by atoms with Gasteiger partial charge in [-0.1, -0.05) is 30.3 Å². The van der Waals surface area contributed by atoms with Crippen LogP contribution >= 0.6 is 11.6 Å². The Hall–Kier alpha value is -1.58. The first-order chi connectivity index (χ1) is 11.2. The fourth-order valence-electron chi connectivity index (χ4n) is 2.74. The minimum Gasteiger partial charge on any atom is -0.407 e. The summed E-state index contributed by atoms with van der Waals surface area (Å²) in [4.78, 5) is 1.85. The SMILES string of the molecule is C=C=CCC1(O[Si](C)(C)C)C=CC=CN(c2cc(Cl)ccc2F)C1. The number of halogens is 2. The predicted molar refractivity (Wildman–Crippen MR) is 103 cm³/mol. The van der Waals surface area contributed by atoms with Gasteiger partial charge in [0.15, 0.2) is 8.32 Å². The van der Waals surface area contributed by atoms with Crippen LogP contribution in [0.25, 0.3) is 0 Å². The highest BCUT2D eigenvalue weighted by Crippen LogP contribution is 2.32. The standard InChI is InChI=1S/C19H23ClFNOSi/c1-5-6-11-19(23-24(2,3)4)12-7-8-13-22(15-19)18-14-16(20)9-10-17(18)21/h6-10,12-14H,1,11,15H2,2-4H3. The van der Waals surface area contributed by atoms with Crippen molar-refractivity contribution in [2.75, 3.05) is 11.4 Å². The molecule has 0 fully saturated rings. The van der Waals surface area contributed by atoms with Gasteiger partial charge in [-0.15, -0.1) is 5.73 Å². The predicted octanol–water partition coefficient (Wildman–Crippen LogP) is 5.69. The Labute approximate surface area is 149 Å². The second-order valence-electron chi connectivity index (χ2n) is 6.82. The van der Waals surface area contributed by atoms with Gasteiger partial charge in [0.2, 0.25) is 0 Å². The summed E-state index contributed by atoms with van der Waals surface area (Å²) >= 11 is 6.06. The first-order valence-electron chi connectivity index (χ1n) is 7.87. The second-order valence-corrected chi connectivity index (χ2v) is 11.7. The Balaban J connectivity index is 2.42. The summed E-state index contributed by atoms with van der Waals surface area (Å²) in [5.74, 6) is -0.313. The smallest absolute Gasteiger partial charge is 0.185 e. The summed E-state index contributed by atoms with van der Waals surface area (Å²) in [7, 11) is -1.84. The molecule has 0 amide bonds. The van der Waals surface area contributed by atoms with Crippen molar-refractivity contribution in [3.63, 3.8) is 0 Å². The Kier molecular flexibility index (Phi) is 5.89. The maximum absolute atomic E-state index is 14.3. The highest BCUT2D eigenvalue weighted by molar-refractivity contribution is 6.69. The maximum atomic E-state index is 14.3. The van der Waals surface area contributed by atoms with Gasteiger partial charge in [0.25, 0.3) is 0 Å². The van der Waals surface area contributed by atoms with E-state index in [4.69, 9.17) is 16.0 Å². The van der Waals surface area contributed by atoms with E-state index in [-0.39, 0.29) is 5.82 Å². The van der Waals surface area contributed by atoms with E-state index in [1.165, 1.54) is 6.07 Å². The summed E-state index contributed by atoms with van der Waals surface area (Å²) in [5, 5.41) is 0.500. The summed E-state index contributed by atoms with van der Waals surface area (Å²) < 4.78 is 20.8. The van der Waals surface area contributed by atoms with Crippen LogP contribution in [-0.4, -0.2) is 20.5 Å². The van der Waals surface area contributed by atoms with Crippen LogP contribution in [0.15, 0.2) is 61.0 Å². The van der Waals surface area contributed by atoms with Gasteiger partial charge in [-0.2, -0.15) is 0 Å². The number of nitrogens with zero attached hydrogens (tertiary/aromatic N) is 1. The zero-order valence-electron chi connectivity index (χ0n) is 14.4. The van der Waals surface area contributed by atoms with Crippen LogP contribution in [0.1, 0.15) is 6.42 Å². The molecule has 24 heavy (non-hydrogen) atoms. The summed E-state index contributed by atoms with van der Waals surface area (Å²) in [6.45, 7) is 10.6. The molecule has 0 aliphatic carbocycles. The minimum atomic E-state index is -1.84. The molecule has 128 valence electrons. The van der Waals surface area contributed by atoms with E-state index >= 15 is 0 Å². The van der Waals surface area contributed by atoms with Crippen molar-refractivity contribution in [3.05, 3.63) is 71.9 Å². The van der Waals surface area contributed by atoms with Crippen molar-refractivity contribution in [3.8, 4) is 0 Å². The lowest BCUT2D eigenvalue weighted by molar-refractivity contribution is 0.124. The number of hydrogen-bond acceptors (Lipinski definition) is 2. The molecular weight excluding hydrogens is 341 g/mol. The third kappa shape index (κ3) is 4.95. The number of benzene rings is 1.